The van der Waals surface area contributed by atoms with Crippen molar-refractivity contribution < 1.29 is 0 Å². The summed E-state index contributed by atoms with van der Waals surface area (Å²) >= 11 is 0. The molecule has 0 fully saturated rings. The molecule has 0 amide bonds. The topological polar surface area (TPSA) is 42.7 Å². The molecule has 1 aromatic carbocycles. The molecule has 1 atom stereocenters. The Kier molecular flexibility index (Phi) is 3.69. The van der Waals surface area contributed by atoms with Gasteiger partial charge in [0, 0.05) is 24.2 Å². The summed E-state index contributed by atoms with van der Waals surface area (Å²) < 4.78 is 1.89. The lowest BCUT2D eigenvalue weighted by Gasteiger charge is -2.13. The highest BCUT2D eigenvalue weighted by atomic mass is 15.3. The average Bonchev–Trinajstić information content (AvgIpc) is 2.98. The summed E-state index contributed by atoms with van der Waals surface area (Å²) in [6.45, 7) is 4.16. The molecule has 2 heterocycles. The minimum Gasteiger partial charge on any atom is -0.377 e. The first-order valence-electron chi connectivity index (χ1n) is 7.00. The van der Waals surface area contributed by atoms with E-state index in [1.54, 1.807) is 0 Å². The Bertz CT molecular complexity index is 718. The van der Waals surface area contributed by atoms with E-state index in [4.69, 9.17) is 0 Å². The van der Waals surface area contributed by atoms with Crippen molar-refractivity contribution in [2.75, 3.05) is 5.32 Å². The molecule has 1 unspecified atom stereocenters. The van der Waals surface area contributed by atoms with Crippen molar-refractivity contribution in [2.45, 2.75) is 19.9 Å². The third kappa shape index (κ3) is 3.11. The lowest BCUT2D eigenvalue weighted by molar-refractivity contribution is 0.867. The molecule has 4 heteroatoms. The van der Waals surface area contributed by atoms with Gasteiger partial charge in [0.2, 0.25) is 0 Å². The summed E-state index contributed by atoms with van der Waals surface area (Å²) in [5, 5.41) is 7.88. The number of anilines is 1. The highest BCUT2D eigenvalue weighted by Gasteiger charge is 2.09. The molecule has 0 saturated heterocycles. The number of nitrogens with one attached hydrogen (secondary N) is 1. The molecular weight excluding hydrogens is 260 g/mol. The fraction of sp³-hybridized carbons (Fsp3) is 0.176. The zero-order chi connectivity index (χ0) is 14.7. The summed E-state index contributed by atoms with van der Waals surface area (Å²) in [7, 11) is 0. The predicted octanol–water partition coefficient (Wildman–Crippen LogP) is 3.75. The standard InChI is InChI=1S/C17H18N4/c1-13-8-16(11-18-9-13)20-14(2)15-10-19-21(12-15)17-6-4-3-5-7-17/h3-12,14,20H,1-2H3. The Labute approximate surface area is 124 Å². The maximum Gasteiger partial charge on any atom is 0.0645 e. The predicted molar refractivity (Wildman–Crippen MR) is 84.6 cm³/mol. The van der Waals surface area contributed by atoms with Gasteiger partial charge in [-0.05, 0) is 37.6 Å². The van der Waals surface area contributed by atoms with E-state index in [0.29, 0.717) is 0 Å². The molecule has 0 saturated carbocycles. The normalized spacial score (nSPS) is 12.1. The van der Waals surface area contributed by atoms with Gasteiger partial charge in [-0.3, -0.25) is 4.98 Å². The molecule has 0 radical (unpaired) electrons. The van der Waals surface area contributed by atoms with Gasteiger partial charge in [-0.15, -0.1) is 0 Å². The first kappa shape index (κ1) is 13.4. The van der Waals surface area contributed by atoms with E-state index in [9.17, 15) is 0 Å². The van der Waals surface area contributed by atoms with Crippen LogP contribution in [0.25, 0.3) is 5.69 Å². The molecule has 0 bridgehead atoms. The second kappa shape index (κ2) is 5.79. The van der Waals surface area contributed by atoms with Crippen LogP contribution in [0.5, 0.6) is 0 Å². The van der Waals surface area contributed by atoms with Crippen molar-refractivity contribution in [3.8, 4) is 5.69 Å². The maximum atomic E-state index is 4.43. The molecule has 106 valence electrons. The Morgan fingerprint density at radius 3 is 2.67 bits per heavy atom. The van der Waals surface area contributed by atoms with E-state index in [1.807, 2.05) is 60.5 Å². The third-order valence-corrected chi connectivity index (χ3v) is 3.38. The third-order valence-electron chi connectivity index (χ3n) is 3.38. The molecule has 0 aliphatic rings. The van der Waals surface area contributed by atoms with Crippen LogP contribution in [0, 0.1) is 6.92 Å². The summed E-state index contributed by atoms with van der Waals surface area (Å²) in [6.07, 6.45) is 7.64. The van der Waals surface area contributed by atoms with Crippen molar-refractivity contribution >= 4 is 5.69 Å². The van der Waals surface area contributed by atoms with E-state index >= 15 is 0 Å². The van der Waals surface area contributed by atoms with Crippen LogP contribution in [-0.2, 0) is 0 Å². The first-order chi connectivity index (χ1) is 10.2. The quantitative estimate of drug-likeness (QED) is 0.790. The van der Waals surface area contributed by atoms with Crippen molar-refractivity contribution in [3.63, 3.8) is 0 Å². The van der Waals surface area contributed by atoms with E-state index < -0.39 is 0 Å². The van der Waals surface area contributed by atoms with Gasteiger partial charge in [0.05, 0.1) is 23.6 Å². The van der Waals surface area contributed by atoms with Crippen LogP contribution >= 0.6 is 0 Å². The lowest BCUT2D eigenvalue weighted by Crippen LogP contribution is -2.06. The van der Waals surface area contributed by atoms with Crippen LogP contribution in [0.2, 0.25) is 0 Å². The number of hydrogen-bond acceptors (Lipinski definition) is 3. The Morgan fingerprint density at radius 2 is 1.90 bits per heavy atom. The number of hydrogen-bond donors (Lipinski definition) is 1. The van der Waals surface area contributed by atoms with Crippen LogP contribution in [0.4, 0.5) is 5.69 Å². The number of para-hydroxylation sites is 1. The summed E-state index contributed by atoms with van der Waals surface area (Å²) in [4.78, 5) is 4.20. The number of aromatic nitrogens is 3. The monoisotopic (exact) mass is 278 g/mol. The van der Waals surface area contributed by atoms with Gasteiger partial charge in [0.1, 0.15) is 0 Å². The molecule has 0 spiro atoms. The fourth-order valence-corrected chi connectivity index (χ4v) is 2.25. The van der Waals surface area contributed by atoms with Crippen LogP contribution in [0.15, 0.2) is 61.2 Å². The number of aryl methyl sites for hydroxylation is 1. The molecule has 0 aliphatic carbocycles. The molecule has 1 N–H and O–H groups in total. The van der Waals surface area contributed by atoms with Crippen molar-refractivity contribution in [3.05, 3.63) is 72.3 Å². The molecule has 21 heavy (non-hydrogen) atoms. The average molecular weight is 278 g/mol. The summed E-state index contributed by atoms with van der Waals surface area (Å²) in [5.41, 5.74) is 4.37. The molecule has 3 rings (SSSR count). The molecular formula is C17H18N4. The van der Waals surface area contributed by atoms with Gasteiger partial charge in [0.15, 0.2) is 0 Å². The highest BCUT2D eigenvalue weighted by molar-refractivity contribution is 5.44. The zero-order valence-electron chi connectivity index (χ0n) is 12.2. The van der Waals surface area contributed by atoms with Crippen molar-refractivity contribution in [1.82, 2.24) is 14.8 Å². The smallest absolute Gasteiger partial charge is 0.0645 e. The Morgan fingerprint density at radius 1 is 1.10 bits per heavy atom. The second-order valence-electron chi connectivity index (χ2n) is 5.17. The minimum absolute atomic E-state index is 0.172. The van der Waals surface area contributed by atoms with Gasteiger partial charge in [-0.25, -0.2) is 4.68 Å². The summed E-state index contributed by atoms with van der Waals surface area (Å²) in [6, 6.07) is 12.4. The van der Waals surface area contributed by atoms with Crippen LogP contribution < -0.4 is 5.32 Å². The highest BCUT2D eigenvalue weighted by Crippen LogP contribution is 2.19. The number of rotatable bonds is 4. The van der Waals surface area contributed by atoms with Gasteiger partial charge in [-0.2, -0.15) is 5.10 Å². The van der Waals surface area contributed by atoms with Crippen molar-refractivity contribution in [1.29, 1.82) is 0 Å². The number of nitrogens with zero attached hydrogens (tertiary/aromatic N) is 3. The zero-order valence-corrected chi connectivity index (χ0v) is 12.2. The first-order valence-corrected chi connectivity index (χ1v) is 7.00. The second-order valence-corrected chi connectivity index (χ2v) is 5.17. The van der Waals surface area contributed by atoms with E-state index in [1.165, 1.54) is 0 Å². The molecule has 2 aromatic heterocycles. The molecule has 0 aliphatic heterocycles. The maximum absolute atomic E-state index is 4.43. The largest absolute Gasteiger partial charge is 0.377 e. The SMILES string of the molecule is Cc1cncc(NC(C)c2cnn(-c3ccccc3)c2)c1. The van der Waals surface area contributed by atoms with Gasteiger partial charge >= 0.3 is 0 Å². The van der Waals surface area contributed by atoms with Crippen molar-refractivity contribution in [2.24, 2.45) is 0 Å². The van der Waals surface area contributed by atoms with Gasteiger partial charge in [0.25, 0.3) is 0 Å². The summed E-state index contributed by atoms with van der Waals surface area (Å²) in [5.74, 6) is 0. The van der Waals surface area contributed by atoms with Crippen LogP contribution in [0.3, 0.4) is 0 Å². The van der Waals surface area contributed by atoms with Gasteiger partial charge in [-0.1, -0.05) is 18.2 Å². The van der Waals surface area contributed by atoms with Crippen LogP contribution in [0.1, 0.15) is 24.1 Å². The van der Waals surface area contributed by atoms with E-state index in [-0.39, 0.29) is 6.04 Å². The number of pyridine rings is 1. The molecule has 4 nitrogen and oxygen atoms in total. The Balaban J connectivity index is 1.77. The fourth-order valence-electron chi connectivity index (χ4n) is 2.25. The minimum atomic E-state index is 0.172. The number of benzene rings is 1. The molecule has 3 aromatic rings. The van der Waals surface area contributed by atoms with Crippen LogP contribution in [-0.4, -0.2) is 14.8 Å². The lowest BCUT2D eigenvalue weighted by atomic mass is 10.2. The Hall–Kier alpha value is -2.62. The van der Waals surface area contributed by atoms with Gasteiger partial charge < -0.3 is 5.32 Å². The van der Waals surface area contributed by atoms with E-state index in [0.717, 1.165) is 22.5 Å². The van der Waals surface area contributed by atoms with E-state index in [2.05, 4.69) is 34.6 Å².